The summed E-state index contributed by atoms with van der Waals surface area (Å²) in [5, 5.41) is 9.61. The third kappa shape index (κ3) is 4.27. The molecule has 0 spiro atoms. The molecular weight excluding hydrogens is 386 g/mol. The normalized spacial score (nSPS) is 12.9. The summed E-state index contributed by atoms with van der Waals surface area (Å²) >= 11 is 0. The second kappa shape index (κ2) is 8.03. The molecule has 0 aromatic heterocycles. The number of hydrogen-bond acceptors (Lipinski definition) is 2. The number of aliphatic hydroxyl groups is 1. The molecular formula is C20H20F6O2. The Morgan fingerprint density at radius 1 is 0.893 bits per heavy atom. The first kappa shape index (κ1) is 22.1. The van der Waals surface area contributed by atoms with Crippen molar-refractivity contribution in [1.29, 1.82) is 0 Å². The summed E-state index contributed by atoms with van der Waals surface area (Å²) in [6, 6.07) is 9.34. The average Bonchev–Trinajstić information content (AvgIpc) is 2.61. The Labute approximate surface area is 158 Å². The van der Waals surface area contributed by atoms with E-state index in [1.807, 2.05) is 13.0 Å². The summed E-state index contributed by atoms with van der Waals surface area (Å²) in [4.78, 5) is 0. The number of hydrogen-bond donors (Lipinski definition) is 1. The maximum absolute atomic E-state index is 13.1. The largest absolute Gasteiger partial charge is 0.457 e. The van der Waals surface area contributed by atoms with Gasteiger partial charge in [0.2, 0.25) is 0 Å². The molecule has 0 amide bonds. The third-order valence-electron chi connectivity index (χ3n) is 4.35. The van der Waals surface area contributed by atoms with E-state index < -0.39 is 23.5 Å². The molecule has 28 heavy (non-hydrogen) atoms. The van der Waals surface area contributed by atoms with Crippen LogP contribution in [0.2, 0.25) is 0 Å². The molecule has 8 heteroatoms. The minimum absolute atomic E-state index is 0.144. The van der Waals surface area contributed by atoms with Crippen LogP contribution in [0, 0.1) is 0 Å². The van der Waals surface area contributed by atoms with E-state index in [-0.39, 0.29) is 17.7 Å². The fraction of sp³-hybridized carbons (Fsp3) is 0.400. The molecule has 0 aliphatic heterocycles. The zero-order chi connectivity index (χ0) is 21.2. The van der Waals surface area contributed by atoms with E-state index in [9.17, 15) is 31.4 Å². The Kier molecular flexibility index (Phi) is 6.33. The number of aryl methyl sites for hydroxylation is 2. The van der Waals surface area contributed by atoms with Crippen molar-refractivity contribution in [2.24, 2.45) is 0 Å². The van der Waals surface area contributed by atoms with E-state index in [0.717, 1.165) is 18.1 Å². The van der Waals surface area contributed by atoms with Crippen LogP contribution in [0.4, 0.5) is 26.3 Å². The van der Waals surface area contributed by atoms with Crippen molar-refractivity contribution in [1.82, 2.24) is 0 Å². The Morgan fingerprint density at radius 3 is 2.07 bits per heavy atom. The maximum atomic E-state index is 13.1. The molecule has 0 unspecified atom stereocenters. The molecule has 2 nitrogen and oxygen atoms in total. The van der Waals surface area contributed by atoms with Crippen LogP contribution in [0.5, 0.6) is 11.5 Å². The van der Waals surface area contributed by atoms with Crippen LogP contribution in [0.3, 0.4) is 0 Å². The first-order chi connectivity index (χ1) is 12.9. The Balaban J connectivity index is 2.52. The average molecular weight is 406 g/mol. The van der Waals surface area contributed by atoms with Crippen LogP contribution in [-0.2, 0) is 18.4 Å². The fourth-order valence-corrected chi connectivity index (χ4v) is 2.81. The van der Waals surface area contributed by atoms with Crippen LogP contribution < -0.4 is 4.74 Å². The van der Waals surface area contributed by atoms with Crippen LogP contribution in [0.25, 0.3) is 0 Å². The highest BCUT2D eigenvalue weighted by atomic mass is 19.4. The second-order valence-electron chi connectivity index (χ2n) is 6.38. The van der Waals surface area contributed by atoms with Crippen LogP contribution in [0.1, 0.15) is 37.0 Å². The molecule has 0 atom stereocenters. The van der Waals surface area contributed by atoms with Gasteiger partial charge in [-0.2, -0.15) is 26.3 Å². The maximum Gasteiger partial charge on any atom is 0.430 e. The lowest BCUT2D eigenvalue weighted by Gasteiger charge is -2.33. The van der Waals surface area contributed by atoms with Gasteiger partial charge in [-0.1, -0.05) is 38.5 Å². The van der Waals surface area contributed by atoms with Crippen LogP contribution in [0.15, 0.2) is 42.5 Å². The smallest absolute Gasteiger partial charge is 0.430 e. The predicted molar refractivity (Wildman–Crippen MR) is 92.3 cm³/mol. The van der Waals surface area contributed by atoms with Crippen molar-refractivity contribution in [3.63, 3.8) is 0 Å². The van der Waals surface area contributed by atoms with Gasteiger partial charge in [-0.15, -0.1) is 0 Å². The van der Waals surface area contributed by atoms with Crippen molar-refractivity contribution >= 4 is 0 Å². The van der Waals surface area contributed by atoms with Crippen molar-refractivity contribution in [3.05, 3.63) is 59.2 Å². The van der Waals surface area contributed by atoms with Gasteiger partial charge in [0.05, 0.1) is 0 Å². The summed E-state index contributed by atoms with van der Waals surface area (Å²) in [5.74, 6) is 0.567. The number of alkyl halides is 6. The molecule has 154 valence electrons. The van der Waals surface area contributed by atoms with Gasteiger partial charge >= 0.3 is 12.4 Å². The summed E-state index contributed by atoms with van der Waals surface area (Å²) in [6.07, 6.45) is -10.5. The highest BCUT2D eigenvalue weighted by Crippen LogP contribution is 2.50. The molecule has 2 aromatic rings. The van der Waals surface area contributed by atoms with Crippen LogP contribution in [-0.4, -0.2) is 17.5 Å². The lowest BCUT2D eigenvalue weighted by molar-refractivity contribution is -0.376. The monoisotopic (exact) mass is 406 g/mol. The van der Waals surface area contributed by atoms with Crippen molar-refractivity contribution in [3.8, 4) is 11.5 Å². The molecule has 0 saturated carbocycles. The highest BCUT2D eigenvalue weighted by Gasteiger charge is 2.71. The van der Waals surface area contributed by atoms with Gasteiger partial charge in [0.25, 0.3) is 5.60 Å². The summed E-state index contributed by atoms with van der Waals surface area (Å²) < 4.78 is 84.5. The predicted octanol–water partition coefficient (Wildman–Crippen LogP) is 6.31. The quantitative estimate of drug-likeness (QED) is 0.570. The minimum Gasteiger partial charge on any atom is -0.457 e. The molecule has 0 radical (unpaired) electrons. The molecule has 0 aliphatic carbocycles. The van der Waals surface area contributed by atoms with Crippen molar-refractivity contribution < 1.29 is 36.2 Å². The van der Waals surface area contributed by atoms with E-state index in [4.69, 9.17) is 4.74 Å². The number of ether oxygens (including phenoxy) is 1. The highest BCUT2D eigenvalue weighted by molar-refractivity contribution is 5.44. The zero-order valence-electron chi connectivity index (χ0n) is 15.3. The van der Waals surface area contributed by atoms with E-state index in [1.165, 1.54) is 0 Å². The topological polar surface area (TPSA) is 29.5 Å². The first-order valence-corrected chi connectivity index (χ1v) is 8.70. The number of halogens is 6. The van der Waals surface area contributed by atoms with Crippen molar-refractivity contribution in [2.45, 2.75) is 51.1 Å². The molecule has 0 bridgehead atoms. The Hall–Kier alpha value is -2.22. The van der Waals surface area contributed by atoms with E-state index in [2.05, 4.69) is 0 Å². The van der Waals surface area contributed by atoms with Gasteiger partial charge in [0, 0.05) is 5.56 Å². The molecule has 0 fully saturated rings. The minimum atomic E-state index is -5.92. The number of rotatable bonds is 6. The lowest BCUT2D eigenvalue weighted by Crippen LogP contribution is -2.53. The van der Waals surface area contributed by atoms with Gasteiger partial charge in [0.15, 0.2) is 0 Å². The van der Waals surface area contributed by atoms with Gasteiger partial charge in [0.1, 0.15) is 11.5 Å². The molecule has 1 N–H and O–H groups in total. The Bertz CT molecular complexity index is 797. The molecule has 0 saturated heterocycles. The van der Waals surface area contributed by atoms with Gasteiger partial charge in [-0.25, -0.2) is 0 Å². The van der Waals surface area contributed by atoms with E-state index in [0.29, 0.717) is 24.3 Å². The van der Waals surface area contributed by atoms with Gasteiger partial charge < -0.3 is 9.84 Å². The first-order valence-electron chi connectivity index (χ1n) is 8.70. The number of benzene rings is 2. The molecule has 0 heterocycles. The molecule has 2 rings (SSSR count). The standard InChI is InChI=1S/C20H20F6O2/c1-3-6-14-12-15(18(27,19(21,22)23)20(24,25)26)9-10-17(14)28-16-8-5-7-13(4-2)11-16/h5,7-12,27H,3-4,6H2,1-2H3. The zero-order valence-corrected chi connectivity index (χ0v) is 15.3. The summed E-state index contributed by atoms with van der Waals surface area (Å²) in [7, 11) is 0. The molecule has 0 aliphatic rings. The Morgan fingerprint density at radius 2 is 1.54 bits per heavy atom. The van der Waals surface area contributed by atoms with Crippen LogP contribution >= 0.6 is 0 Å². The lowest BCUT2D eigenvalue weighted by atomic mass is 9.90. The summed E-state index contributed by atoms with van der Waals surface area (Å²) in [5.41, 5.74) is -5.13. The van der Waals surface area contributed by atoms with Gasteiger partial charge in [-0.3, -0.25) is 0 Å². The third-order valence-corrected chi connectivity index (χ3v) is 4.35. The van der Waals surface area contributed by atoms with E-state index >= 15 is 0 Å². The van der Waals surface area contributed by atoms with E-state index in [1.54, 1.807) is 25.1 Å². The van der Waals surface area contributed by atoms with Crippen molar-refractivity contribution in [2.75, 3.05) is 0 Å². The fourth-order valence-electron chi connectivity index (χ4n) is 2.81. The SMILES string of the molecule is CCCc1cc(C(O)(C(F)(F)F)C(F)(F)F)ccc1Oc1cccc(CC)c1. The molecule has 2 aromatic carbocycles. The summed E-state index contributed by atoms with van der Waals surface area (Å²) in [6.45, 7) is 3.67. The second-order valence-corrected chi connectivity index (χ2v) is 6.38. The van der Waals surface area contributed by atoms with Gasteiger partial charge in [-0.05, 0) is 48.2 Å².